The molecule has 1 heterocycles. The number of furan rings is 1. The van der Waals surface area contributed by atoms with Crippen molar-refractivity contribution in [1.29, 1.82) is 0 Å². The summed E-state index contributed by atoms with van der Waals surface area (Å²) < 4.78 is 5.13. The van der Waals surface area contributed by atoms with Gasteiger partial charge in [0, 0.05) is 6.42 Å². The average molecular weight is 122 g/mol. The Morgan fingerprint density at radius 1 is 1.78 bits per heavy atom. The van der Waals surface area contributed by atoms with Gasteiger partial charge in [0.15, 0.2) is 0 Å². The molecular weight excluding hydrogens is 112 g/mol. The maximum atomic E-state index is 5.13. The molecule has 0 bridgehead atoms. The van der Waals surface area contributed by atoms with Gasteiger partial charge in [0.25, 0.3) is 0 Å². The van der Waals surface area contributed by atoms with Crippen LogP contribution in [0.15, 0.2) is 29.4 Å². The topological polar surface area (TPSA) is 13.1 Å². The molecule has 9 heavy (non-hydrogen) atoms. The minimum Gasteiger partial charge on any atom is -0.469 e. The van der Waals surface area contributed by atoms with Crippen LogP contribution in [0.2, 0.25) is 0 Å². The highest BCUT2D eigenvalue weighted by atomic mass is 16.3. The van der Waals surface area contributed by atoms with Crippen molar-refractivity contribution in [2.75, 3.05) is 0 Å². The average Bonchev–Trinajstić information content (AvgIpc) is 2.17. The fraction of sp³-hybridized carbons (Fsp3) is 0.250. The van der Waals surface area contributed by atoms with Crippen LogP contribution in [0.1, 0.15) is 11.3 Å². The minimum absolute atomic E-state index is 0.827. The number of allylic oxidation sites excluding steroid dienone is 1. The Balaban J connectivity index is 2.72. The third-order valence-corrected chi connectivity index (χ3v) is 1.13. The Morgan fingerprint density at radius 2 is 2.56 bits per heavy atom. The molecule has 0 aromatic carbocycles. The van der Waals surface area contributed by atoms with Crippen LogP contribution >= 0.6 is 0 Å². The van der Waals surface area contributed by atoms with Crippen molar-refractivity contribution in [3.05, 3.63) is 36.3 Å². The van der Waals surface area contributed by atoms with Gasteiger partial charge in [-0.25, -0.2) is 0 Å². The van der Waals surface area contributed by atoms with Crippen molar-refractivity contribution in [2.24, 2.45) is 0 Å². The van der Waals surface area contributed by atoms with Crippen LogP contribution in [0, 0.1) is 6.92 Å². The van der Waals surface area contributed by atoms with E-state index in [9.17, 15) is 0 Å². The summed E-state index contributed by atoms with van der Waals surface area (Å²) in [6.07, 6.45) is 4.41. The van der Waals surface area contributed by atoms with Gasteiger partial charge in [0.1, 0.15) is 5.76 Å². The molecule has 0 aliphatic carbocycles. The summed E-state index contributed by atoms with van der Waals surface area (Å²) in [6.45, 7) is 5.62. The Labute approximate surface area is 55.0 Å². The van der Waals surface area contributed by atoms with Gasteiger partial charge in [-0.15, -0.1) is 6.58 Å². The van der Waals surface area contributed by atoms with E-state index in [0.29, 0.717) is 0 Å². The van der Waals surface area contributed by atoms with Crippen molar-refractivity contribution < 1.29 is 4.42 Å². The zero-order valence-electron chi connectivity index (χ0n) is 5.55. The zero-order chi connectivity index (χ0) is 6.69. The highest BCUT2D eigenvalue weighted by molar-refractivity contribution is 5.12. The predicted octanol–water partition coefficient (Wildman–Crippen LogP) is 2.32. The summed E-state index contributed by atoms with van der Waals surface area (Å²) in [4.78, 5) is 0. The zero-order valence-corrected chi connectivity index (χ0v) is 5.55. The molecule has 0 radical (unpaired) electrons. The van der Waals surface area contributed by atoms with E-state index in [2.05, 4.69) is 6.58 Å². The summed E-state index contributed by atoms with van der Waals surface area (Å²) in [7, 11) is 0. The van der Waals surface area contributed by atoms with E-state index in [1.807, 2.05) is 19.1 Å². The van der Waals surface area contributed by atoms with Gasteiger partial charge in [-0.2, -0.15) is 0 Å². The first-order valence-electron chi connectivity index (χ1n) is 2.98. The molecule has 0 N–H and O–H groups in total. The fourth-order valence-corrected chi connectivity index (χ4v) is 0.740. The van der Waals surface area contributed by atoms with Crippen LogP contribution in [0.3, 0.4) is 0 Å². The molecule has 1 aromatic heterocycles. The van der Waals surface area contributed by atoms with Crippen molar-refractivity contribution in [3.63, 3.8) is 0 Å². The molecule has 1 nitrogen and oxygen atoms in total. The van der Waals surface area contributed by atoms with Crippen LogP contribution < -0.4 is 0 Å². The normalized spacial score (nSPS) is 9.44. The lowest BCUT2D eigenvalue weighted by Gasteiger charge is -1.82. The van der Waals surface area contributed by atoms with Crippen molar-refractivity contribution in [1.82, 2.24) is 0 Å². The predicted molar refractivity (Wildman–Crippen MR) is 37.3 cm³/mol. The number of hydrogen-bond acceptors (Lipinski definition) is 1. The van der Waals surface area contributed by atoms with Crippen LogP contribution in [0.5, 0.6) is 0 Å². The van der Waals surface area contributed by atoms with Crippen LogP contribution in [0.4, 0.5) is 0 Å². The van der Waals surface area contributed by atoms with Gasteiger partial charge in [-0.3, -0.25) is 0 Å². The van der Waals surface area contributed by atoms with Crippen molar-refractivity contribution in [3.8, 4) is 0 Å². The van der Waals surface area contributed by atoms with Gasteiger partial charge < -0.3 is 4.42 Å². The summed E-state index contributed by atoms with van der Waals surface area (Å²) in [5.74, 6) is 0.988. The molecule has 1 aromatic rings. The molecule has 0 fully saturated rings. The SMILES string of the molecule is C=CCc1cc(C)co1. The highest BCUT2D eigenvalue weighted by Crippen LogP contribution is 2.06. The van der Waals surface area contributed by atoms with E-state index in [0.717, 1.165) is 12.2 Å². The number of aryl methyl sites for hydroxylation is 1. The third kappa shape index (κ3) is 1.46. The van der Waals surface area contributed by atoms with Gasteiger partial charge in [-0.05, 0) is 18.6 Å². The molecule has 0 spiro atoms. The van der Waals surface area contributed by atoms with Crippen molar-refractivity contribution >= 4 is 0 Å². The third-order valence-electron chi connectivity index (χ3n) is 1.13. The smallest absolute Gasteiger partial charge is 0.107 e. The van der Waals surface area contributed by atoms with Gasteiger partial charge in [0.05, 0.1) is 6.26 Å². The van der Waals surface area contributed by atoms with E-state index < -0.39 is 0 Å². The molecule has 0 amide bonds. The van der Waals surface area contributed by atoms with E-state index in [1.54, 1.807) is 6.26 Å². The Hall–Kier alpha value is -0.980. The lowest BCUT2D eigenvalue weighted by atomic mass is 10.3. The van der Waals surface area contributed by atoms with Crippen molar-refractivity contribution in [2.45, 2.75) is 13.3 Å². The molecule has 0 aliphatic heterocycles. The highest BCUT2D eigenvalue weighted by Gasteiger charge is 1.92. The Bertz CT molecular complexity index is 198. The quantitative estimate of drug-likeness (QED) is 0.548. The van der Waals surface area contributed by atoms with E-state index in [-0.39, 0.29) is 0 Å². The van der Waals surface area contributed by atoms with E-state index in [1.165, 1.54) is 5.56 Å². The molecular formula is C8H10O. The summed E-state index contributed by atoms with van der Waals surface area (Å²) in [5.41, 5.74) is 1.17. The van der Waals surface area contributed by atoms with E-state index >= 15 is 0 Å². The molecule has 1 rings (SSSR count). The summed E-state index contributed by atoms with van der Waals surface area (Å²) in [5, 5.41) is 0. The maximum Gasteiger partial charge on any atom is 0.107 e. The van der Waals surface area contributed by atoms with Gasteiger partial charge in [-0.1, -0.05) is 6.08 Å². The first-order chi connectivity index (χ1) is 4.33. The lowest BCUT2D eigenvalue weighted by Crippen LogP contribution is -1.70. The minimum atomic E-state index is 0.827. The molecule has 48 valence electrons. The van der Waals surface area contributed by atoms with Crippen LogP contribution in [0.25, 0.3) is 0 Å². The molecule has 0 saturated heterocycles. The van der Waals surface area contributed by atoms with Gasteiger partial charge in [0.2, 0.25) is 0 Å². The Morgan fingerprint density at radius 3 is 3.00 bits per heavy atom. The first kappa shape index (κ1) is 6.14. The number of hydrogen-bond donors (Lipinski definition) is 0. The number of rotatable bonds is 2. The second kappa shape index (κ2) is 2.53. The van der Waals surface area contributed by atoms with Crippen LogP contribution in [-0.4, -0.2) is 0 Å². The largest absolute Gasteiger partial charge is 0.469 e. The van der Waals surface area contributed by atoms with Crippen LogP contribution in [-0.2, 0) is 6.42 Å². The fourth-order valence-electron chi connectivity index (χ4n) is 0.740. The summed E-state index contributed by atoms with van der Waals surface area (Å²) >= 11 is 0. The summed E-state index contributed by atoms with van der Waals surface area (Å²) in [6, 6.07) is 2.02. The lowest BCUT2D eigenvalue weighted by molar-refractivity contribution is 0.522. The standard InChI is InChI=1S/C8H10O/c1-3-4-8-5-7(2)6-9-8/h3,5-6H,1,4H2,2H3. The Kier molecular flexibility index (Phi) is 1.73. The second-order valence-electron chi connectivity index (χ2n) is 2.08. The van der Waals surface area contributed by atoms with Gasteiger partial charge >= 0.3 is 0 Å². The monoisotopic (exact) mass is 122 g/mol. The first-order valence-corrected chi connectivity index (χ1v) is 2.98. The molecule has 0 saturated carbocycles. The second-order valence-corrected chi connectivity index (χ2v) is 2.08. The molecule has 0 atom stereocenters. The molecule has 0 unspecified atom stereocenters. The maximum absolute atomic E-state index is 5.13. The molecule has 1 heteroatoms. The van der Waals surface area contributed by atoms with E-state index in [4.69, 9.17) is 4.42 Å². The molecule has 0 aliphatic rings.